The molecule has 0 spiro atoms. The van der Waals surface area contributed by atoms with Gasteiger partial charge in [0.05, 0.1) is 23.6 Å². The highest BCUT2D eigenvalue weighted by Crippen LogP contribution is 2.45. The first-order valence-corrected chi connectivity index (χ1v) is 12.4. The van der Waals surface area contributed by atoms with Gasteiger partial charge in [-0.3, -0.25) is 4.79 Å². The van der Waals surface area contributed by atoms with Crippen LogP contribution in [0, 0.1) is 5.92 Å². The van der Waals surface area contributed by atoms with Gasteiger partial charge in [-0.05, 0) is 42.9 Å². The molecule has 1 aliphatic rings. The van der Waals surface area contributed by atoms with Crippen molar-refractivity contribution in [3.8, 4) is 5.75 Å². The van der Waals surface area contributed by atoms with E-state index in [1.54, 1.807) is 11.8 Å². The summed E-state index contributed by atoms with van der Waals surface area (Å²) in [5.41, 5.74) is 2.43. The molecule has 0 aliphatic carbocycles. The molecular formula is C23H29NO3S2. The first-order chi connectivity index (χ1) is 14.1. The highest BCUT2D eigenvalue weighted by atomic mass is 32.2. The predicted octanol–water partition coefficient (Wildman–Crippen LogP) is 6.31. The van der Waals surface area contributed by atoms with Crippen LogP contribution in [0.3, 0.4) is 0 Å². The number of para-hydroxylation sites is 1. The molecule has 6 heteroatoms. The second-order valence-corrected chi connectivity index (χ2v) is 9.14. The van der Waals surface area contributed by atoms with Crippen LogP contribution in [0.15, 0.2) is 52.3 Å². The van der Waals surface area contributed by atoms with E-state index in [2.05, 4.69) is 54.3 Å². The Morgan fingerprint density at radius 1 is 1.31 bits per heavy atom. The van der Waals surface area contributed by atoms with E-state index in [0.29, 0.717) is 5.92 Å². The highest BCUT2D eigenvalue weighted by molar-refractivity contribution is 7.99. The lowest BCUT2D eigenvalue weighted by atomic mass is 10.0. The molecule has 0 bridgehead atoms. The molecular weight excluding hydrogens is 402 g/mol. The molecule has 2 aromatic rings. The summed E-state index contributed by atoms with van der Waals surface area (Å²) in [7, 11) is 0. The molecule has 0 saturated heterocycles. The summed E-state index contributed by atoms with van der Waals surface area (Å²) in [6.45, 7) is 3.45. The summed E-state index contributed by atoms with van der Waals surface area (Å²) < 4.78 is 5.84. The summed E-state index contributed by atoms with van der Waals surface area (Å²) in [5.74, 6) is 1.66. The predicted molar refractivity (Wildman–Crippen MR) is 123 cm³/mol. The van der Waals surface area contributed by atoms with Crippen molar-refractivity contribution in [2.45, 2.75) is 42.4 Å². The average Bonchev–Trinajstić information content (AvgIpc) is 2.91. The van der Waals surface area contributed by atoms with E-state index in [1.807, 2.05) is 18.0 Å². The van der Waals surface area contributed by atoms with Crippen LogP contribution in [0.1, 0.15) is 32.6 Å². The van der Waals surface area contributed by atoms with Crippen LogP contribution in [0.2, 0.25) is 0 Å². The van der Waals surface area contributed by atoms with E-state index in [9.17, 15) is 4.79 Å². The SMILES string of the molecule is CCCC[C@@H]1CSc2cc(OCCC(=O)O)c(SC)cc2N(c2ccccc2)C1. The molecule has 1 aliphatic heterocycles. The number of nitrogens with zero attached hydrogens (tertiary/aromatic N) is 1. The van der Waals surface area contributed by atoms with Gasteiger partial charge in [0.15, 0.2) is 0 Å². The fraction of sp³-hybridized carbons (Fsp3) is 0.435. The molecule has 156 valence electrons. The van der Waals surface area contributed by atoms with Gasteiger partial charge in [0.25, 0.3) is 0 Å². The molecule has 1 heterocycles. The van der Waals surface area contributed by atoms with Gasteiger partial charge in [-0.1, -0.05) is 38.0 Å². The molecule has 0 radical (unpaired) electrons. The Bertz CT molecular complexity index is 813. The standard InChI is InChI=1S/C23H29NO3S2/c1-3-4-8-17-15-24(18-9-6-5-7-10-18)19-13-22(28-2)20(14-21(19)29-16-17)27-12-11-23(25)26/h5-7,9-10,13-14,17H,3-4,8,11-12,15-16H2,1-2H3,(H,25,26)/t17-/m0/s1. The number of carboxylic acids is 1. The summed E-state index contributed by atoms with van der Waals surface area (Å²) in [6, 6.07) is 14.9. The fourth-order valence-electron chi connectivity index (χ4n) is 3.51. The fourth-order valence-corrected chi connectivity index (χ4v) is 5.26. The number of fused-ring (bicyclic) bond motifs is 1. The number of ether oxygens (including phenoxy) is 1. The number of carbonyl (C=O) groups is 1. The highest BCUT2D eigenvalue weighted by Gasteiger charge is 2.25. The minimum absolute atomic E-state index is 0.00722. The summed E-state index contributed by atoms with van der Waals surface area (Å²) in [4.78, 5) is 15.5. The zero-order valence-electron chi connectivity index (χ0n) is 17.1. The van der Waals surface area contributed by atoms with Crippen molar-refractivity contribution < 1.29 is 14.6 Å². The van der Waals surface area contributed by atoms with Gasteiger partial charge in [-0.25, -0.2) is 0 Å². The van der Waals surface area contributed by atoms with Crippen molar-refractivity contribution >= 4 is 40.9 Å². The lowest BCUT2D eigenvalue weighted by Gasteiger charge is -2.28. The van der Waals surface area contributed by atoms with Crippen molar-refractivity contribution in [3.63, 3.8) is 0 Å². The Labute approximate surface area is 182 Å². The van der Waals surface area contributed by atoms with Gasteiger partial charge in [0.2, 0.25) is 0 Å². The number of benzene rings is 2. The van der Waals surface area contributed by atoms with Gasteiger partial charge >= 0.3 is 5.97 Å². The molecule has 0 unspecified atom stereocenters. The Morgan fingerprint density at radius 2 is 2.10 bits per heavy atom. The Hall–Kier alpha value is -1.79. The zero-order chi connectivity index (χ0) is 20.6. The van der Waals surface area contributed by atoms with E-state index in [1.165, 1.54) is 35.5 Å². The number of hydrogen-bond donors (Lipinski definition) is 1. The zero-order valence-corrected chi connectivity index (χ0v) is 18.7. The maximum absolute atomic E-state index is 10.8. The van der Waals surface area contributed by atoms with Crippen LogP contribution < -0.4 is 9.64 Å². The van der Waals surface area contributed by atoms with Crippen LogP contribution >= 0.6 is 23.5 Å². The number of unbranched alkanes of at least 4 members (excludes halogenated alkanes) is 1. The molecule has 1 N–H and O–H groups in total. The summed E-state index contributed by atoms with van der Waals surface area (Å²) in [6.07, 6.45) is 5.75. The van der Waals surface area contributed by atoms with Crippen molar-refractivity contribution in [1.29, 1.82) is 0 Å². The molecule has 0 saturated carbocycles. The van der Waals surface area contributed by atoms with Crippen LogP contribution in [-0.2, 0) is 4.79 Å². The van der Waals surface area contributed by atoms with E-state index in [-0.39, 0.29) is 13.0 Å². The number of rotatable bonds is 9. The third kappa shape index (κ3) is 5.86. The van der Waals surface area contributed by atoms with E-state index in [0.717, 1.165) is 22.9 Å². The Morgan fingerprint density at radius 3 is 2.79 bits per heavy atom. The van der Waals surface area contributed by atoms with Crippen molar-refractivity contribution in [2.24, 2.45) is 5.92 Å². The second-order valence-electron chi connectivity index (χ2n) is 7.23. The molecule has 4 nitrogen and oxygen atoms in total. The average molecular weight is 432 g/mol. The molecule has 2 aromatic carbocycles. The third-order valence-electron chi connectivity index (χ3n) is 5.06. The summed E-state index contributed by atoms with van der Waals surface area (Å²) >= 11 is 3.53. The maximum atomic E-state index is 10.8. The molecule has 3 rings (SSSR count). The Balaban J connectivity index is 1.95. The molecule has 0 fully saturated rings. The smallest absolute Gasteiger partial charge is 0.306 e. The van der Waals surface area contributed by atoms with E-state index < -0.39 is 5.97 Å². The van der Waals surface area contributed by atoms with Crippen LogP contribution in [0.4, 0.5) is 11.4 Å². The number of anilines is 2. The quantitative estimate of drug-likeness (QED) is 0.469. The molecule has 1 atom stereocenters. The van der Waals surface area contributed by atoms with Gasteiger partial charge in [0.1, 0.15) is 5.75 Å². The monoisotopic (exact) mass is 431 g/mol. The molecule has 29 heavy (non-hydrogen) atoms. The minimum atomic E-state index is -0.839. The van der Waals surface area contributed by atoms with Crippen molar-refractivity contribution in [1.82, 2.24) is 0 Å². The van der Waals surface area contributed by atoms with Gasteiger partial charge < -0.3 is 14.7 Å². The summed E-state index contributed by atoms with van der Waals surface area (Å²) in [5, 5.41) is 8.91. The maximum Gasteiger partial charge on any atom is 0.306 e. The van der Waals surface area contributed by atoms with Gasteiger partial charge in [0, 0.05) is 22.9 Å². The third-order valence-corrected chi connectivity index (χ3v) is 7.09. The number of carboxylic acid groups (broad SMARTS) is 1. The minimum Gasteiger partial charge on any atom is -0.492 e. The first-order valence-electron chi connectivity index (χ1n) is 10.1. The molecule has 0 amide bonds. The van der Waals surface area contributed by atoms with Crippen LogP contribution in [0.25, 0.3) is 0 Å². The normalized spacial score (nSPS) is 16.2. The van der Waals surface area contributed by atoms with Gasteiger partial charge in [-0.2, -0.15) is 0 Å². The second kappa shape index (κ2) is 10.8. The van der Waals surface area contributed by atoms with Crippen LogP contribution in [0.5, 0.6) is 5.75 Å². The van der Waals surface area contributed by atoms with E-state index in [4.69, 9.17) is 9.84 Å². The lowest BCUT2D eigenvalue weighted by molar-refractivity contribution is -0.137. The number of aliphatic carboxylic acids is 1. The first kappa shape index (κ1) is 21.9. The molecule has 0 aromatic heterocycles. The largest absolute Gasteiger partial charge is 0.492 e. The van der Waals surface area contributed by atoms with Crippen molar-refractivity contribution in [3.05, 3.63) is 42.5 Å². The van der Waals surface area contributed by atoms with E-state index >= 15 is 0 Å². The lowest BCUT2D eigenvalue weighted by Crippen LogP contribution is -2.25. The topological polar surface area (TPSA) is 49.8 Å². The number of thioether (sulfide) groups is 2. The number of hydrogen-bond acceptors (Lipinski definition) is 5. The Kier molecular flexibility index (Phi) is 8.19. The van der Waals surface area contributed by atoms with Crippen LogP contribution in [-0.4, -0.2) is 36.2 Å². The van der Waals surface area contributed by atoms with Crippen molar-refractivity contribution in [2.75, 3.05) is 30.1 Å². The van der Waals surface area contributed by atoms with Gasteiger partial charge in [-0.15, -0.1) is 23.5 Å².